The fourth-order valence-corrected chi connectivity index (χ4v) is 4.12. The van der Waals surface area contributed by atoms with E-state index in [1.807, 2.05) is 56.5 Å². The Morgan fingerprint density at radius 1 is 1.15 bits per heavy atom. The molecule has 34 heavy (non-hydrogen) atoms. The van der Waals surface area contributed by atoms with Crippen molar-refractivity contribution in [2.45, 2.75) is 40.0 Å². The minimum absolute atomic E-state index is 0.0895. The third kappa shape index (κ3) is 5.58. The third-order valence-corrected chi connectivity index (χ3v) is 6.08. The van der Waals surface area contributed by atoms with Crippen LogP contribution in [0.4, 0.5) is 0 Å². The second-order valence-corrected chi connectivity index (χ2v) is 9.17. The number of carbonyl (C=O) groups is 1. The van der Waals surface area contributed by atoms with Gasteiger partial charge in [-0.2, -0.15) is 0 Å². The first-order chi connectivity index (χ1) is 16.4. The number of aromatic amines is 1. The number of H-pyrrole nitrogens is 1. The molecule has 1 N–H and O–H groups in total. The van der Waals surface area contributed by atoms with Crippen LogP contribution in [0.5, 0.6) is 5.75 Å². The molecule has 8 heteroatoms. The normalized spacial score (nSPS) is 11.4. The summed E-state index contributed by atoms with van der Waals surface area (Å²) >= 11 is 1.58. The highest BCUT2D eigenvalue weighted by molar-refractivity contribution is 7.09. The molecule has 0 saturated heterocycles. The molecule has 2 aromatic carbocycles. The van der Waals surface area contributed by atoms with Gasteiger partial charge in [0.1, 0.15) is 18.2 Å². The SMILES string of the molecule is Cc1nc(COc2ccccc2C=CC(=O)N(Cc2nc3ccccc3c(=O)[nH]2)C(C)C)cs1. The van der Waals surface area contributed by atoms with E-state index in [4.69, 9.17) is 4.74 Å². The van der Waals surface area contributed by atoms with E-state index in [9.17, 15) is 9.59 Å². The van der Waals surface area contributed by atoms with Crippen molar-refractivity contribution in [3.8, 4) is 5.75 Å². The molecule has 4 rings (SSSR count). The van der Waals surface area contributed by atoms with Gasteiger partial charge in [0.2, 0.25) is 5.91 Å². The number of aromatic nitrogens is 3. The summed E-state index contributed by atoms with van der Waals surface area (Å²) in [6, 6.07) is 14.6. The number of para-hydroxylation sites is 2. The first kappa shape index (κ1) is 23.4. The average Bonchev–Trinajstić information content (AvgIpc) is 3.25. The number of benzene rings is 2. The largest absolute Gasteiger partial charge is 0.487 e. The van der Waals surface area contributed by atoms with Crippen LogP contribution < -0.4 is 10.3 Å². The van der Waals surface area contributed by atoms with Gasteiger partial charge in [-0.25, -0.2) is 9.97 Å². The van der Waals surface area contributed by atoms with Crippen molar-refractivity contribution in [3.63, 3.8) is 0 Å². The molecule has 1 amide bonds. The van der Waals surface area contributed by atoms with Crippen molar-refractivity contribution < 1.29 is 9.53 Å². The molecule has 0 saturated carbocycles. The fraction of sp³-hybridized carbons (Fsp3) is 0.231. The van der Waals surface area contributed by atoms with Gasteiger partial charge < -0.3 is 14.6 Å². The summed E-state index contributed by atoms with van der Waals surface area (Å²) in [4.78, 5) is 38.9. The highest BCUT2D eigenvalue weighted by Crippen LogP contribution is 2.22. The van der Waals surface area contributed by atoms with Crippen LogP contribution >= 0.6 is 11.3 Å². The second kappa shape index (κ2) is 10.4. The van der Waals surface area contributed by atoms with Crippen LogP contribution in [0, 0.1) is 6.92 Å². The summed E-state index contributed by atoms with van der Waals surface area (Å²) in [5.41, 5.74) is 2.06. The van der Waals surface area contributed by atoms with Crippen molar-refractivity contribution in [2.24, 2.45) is 0 Å². The highest BCUT2D eigenvalue weighted by atomic mass is 32.1. The molecule has 174 valence electrons. The Morgan fingerprint density at radius 2 is 1.91 bits per heavy atom. The number of nitrogens with one attached hydrogen (secondary N) is 1. The molecule has 0 spiro atoms. The van der Waals surface area contributed by atoms with Crippen LogP contribution in [0.25, 0.3) is 17.0 Å². The molecular formula is C26H26N4O3S. The van der Waals surface area contributed by atoms with Gasteiger partial charge in [0.05, 0.1) is 28.1 Å². The zero-order valence-electron chi connectivity index (χ0n) is 19.3. The molecule has 0 atom stereocenters. The van der Waals surface area contributed by atoms with Gasteiger partial charge in [0, 0.05) is 23.1 Å². The zero-order valence-corrected chi connectivity index (χ0v) is 20.1. The number of rotatable bonds is 8. The minimum atomic E-state index is -0.214. The summed E-state index contributed by atoms with van der Waals surface area (Å²) in [7, 11) is 0. The van der Waals surface area contributed by atoms with Gasteiger partial charge in [0.15, 0.2) is 0 Å². The summed E-state index contributed by atoms with van der Waals surface area (Å²) in [6.07, 6.45) is 3.27. The van der Waals surface area contributed by atoms with Crippen LogP contribution in [0.1, 0.15) is 35.9 Å². The molecule has 2 aromatic heterocycles. The summed E-state index contributed by atoms with van der Waals surface area (Å²) in [5, 5.41) is 3.49. The van der Waals surface area contributed by atoms with Crippen LogP contribution in [0.2, 0.25) is 0 Å². The zero-order chi connectivity index (χ0) is 24.1. The van der Waals surface area contributed by atoms with Crippen molar-refractivity contribution in [1.29, 1.82) is 0 Å². The molecular weight excluding hydrogens is 448 g/mol. The molecule has 0 aliphatic rings. The molecule has 0 aliphatic carbocycles. The van der Waals surface area contributed by atoms with Crippen molar-refractivity contribution in [3.05, 3.63) is 92.4 Å². The maximum atomic E-state index is 13.1. The van der Waals surface area contributed by atoms with Crippen LogP contribution in [-0.4, -0.2) is 31.8 Å². The number of fused-ring (bicyclic) bond motifs is 1. The summed E-state index contributed by atoms with van der Waals surface area (Å²) < 4.78 is 5.94. The van der Waals surface area contributed by atoms with Gasteiger partial charge in [-0.3, -0.25) is 9.59 Å². The third-order valence-electron chi connectivity index (χ3n) is 5.26. The molecule has 0 bridgehead atoms. The number of amides is 1. The maximum Gasteiger partial charge on any atom is 0.258 e. The Balaban J connectivity index is 1.50. The number of thiazole rings is 1. The molecule has 4 aromatic rings. The van der Waals surface area contributed by atoms with E-state index in [0.29, 0.717) is 29.1 Å². The number of hydrogen-bond acceptors (Lipinski definition) is 6. The molecule has 0 unspecified atom stereocenters. The smallest absolute Gasteiger partial charge is 0.258 e. The van der Waals surface area contributed by atoms with E-state index in [2.05, 4.69) is 15.0 Å². The molecule has 0 fully saturated rings. The number of aryl methyl sites for hydroxylation is 1. The predicted octanol–water partition coefficient (Wildman–Crippen LogP) is 4.72. The summed E-state index contributed by atoms with van der Waals surface area (Å²) in [5.74, 6) is 0.936. The van der Waals surface area contributed by atoms with Crippen molar-refractivity contribution in [2.75, 3.05) is 0 Å². The van der Waals surface area contributed by atoms with Crippen LogP contribution in [0.15, 0.2) is 64.8 Å². The quantitative estimate of drug-likeness (QED) is 0.374. The van der Waals surface area contributed by atoms with Gasteiger partial charge in [-0.15, -0.1) is 11.3 Å². The second-order valence-electron chi connectivity index (χ2n) is 8.11. The Labute approximate surface area is 201 Å². The average molecular weight is 475 g/mol. The lowest BCUT2D eigenvalue weighted by Crippen LogP contribution is -2.36. The van der Waals surface area contributed by atoms with E-state index in [0.717, 1.165) is 16.3 Å². The van der Waals surface area contributed by atoms with E-state index >= 15 is 0 Å². The van der Waals surface area contributed by atoms with Crippen LogP contribution in [0.3, 0.4) is 0 Å². The number of nitrogens with zero attached hydrogens (tertiary/aromatic N) is 3. The fourth-order valence-electron chi connectivity index (χ4n) is 3.52. The molecule has 7 nitrogen and oxygen atoms in total. The number of hydrogen-bond donors (Lipinski definition) is 1. The van der Waals surface area contributed by atoms with E-state index in [1.54, 1.807) is 40.5 Å². The van der Waals surface area contributed by atoms with E-state index < -0.39 is 0 Å². The monoisotopic (exact) mass is 474 g/mol. The topological polar surface area (TPSA) is 88.2 Å². The summed E-state index contributed by atoms with van der Waals surface area (Å²) in [6.45, 7) is 6.38. The Hall–Kier alpha value is -3.78. The predicted molar refractivity (Wildman–Crippen MR) is 135 cm³/mol. The lowest BCUT2D eigenvalue weighted by molar-refractivity contribution is -0.128. The molecule has 0 radical (unpaired) electrons. The standard InChI is InChI=1S/C26H26N4O3S/c1-17(2)30(14-24-28-22-10-6-5-9-21(22)26(32)29-24)25(31)13-12-19-8-4-7-11-23(19)33-15-20-16-34-18(3)27-20/h4-13,16-17H,14-15H2,1-3H3,(H,28,29,32). The van der Waals surface area contributed by atoms with Gasteiger partial charge in [0.25, 0.3) is 5.56 Å². The molecule has 0 aliphatic heterocycles. The highest BCUT2D eigenvalue weighted by Gasteiger charge is 2.17. The van der Waals surface area contributed by atoms with Gasteiger partial charge >= 0.3 is 0 Å². The van der Waals surface area contributed by atoms with E-state index in [1.165, 1.54) is 6.08 Å². The minimum Gasteiger partial charge on any atom is -0.487 e. The lowest BCUT2D eigenvalue weighted by atomic mass is 10.1. The van der Waals surface area contributed by atoms with Crippen molar-refractivity contribution in [1.82, 2.24) is 19.9 Å². The van der Waals surface area contributed by atoms with Gasteiger partial charge in [-0.05, 0) is 45.0 Å². The Kier molecular flexibility index (Phi) is 7.18. The molecule has 2 heterocycles. The maximum absolute atomic E-state index is 13.1. The lowest BCUT2D eigenvalue weighted by Gasteiger charge is -2.25. The van der Waals surface area contributed by atoms with E-state index in [-0.39, 0.29) is 24.1 Å². The first-order valence-corrected chi connectivity index (χ1v) is 11.9. The Bertz CT molecular complexity index is 1390. The van der Waals surface area contributed by atoms with Crippen molar-refractivity contribution >= 4 is 34.2 Å². The number of carbonyl (C=O) groups excluding carboxylic acids is 1. The van der Waals surface area contributed by atoms with Crippen LogP contribution in [-0.2, 0) is 17.9 Å². The number of ether oxygens (including phenoxy) is 1. The first-order valence-electron chi connectivity index (χ1n) is 11.0. The van der Waals surface area contributed by atoms with Gasteiger partial charge in [-0.1, -0.05) is 30.3 Å². The Morgan fingerprint density at radius 3 is 2.68 bits per heavy atom.